The molecule has 1 aliphatic carbocycles. The average molecular weight is 338 g/mol. The maximum atomic E-state index is 12.7. The molecule has 1 aliphatic rings. The molecule has 1 unspecified atom stereocenters. The lowest BCUT2D eigenvalue weighted by Gasteiger charge is -2.12. The highest BCUT2D eigenvalue weighted by atomic mass is 32.2. The number of aryl methyl sites for hydroxylation is 2. The van der Waals surface area contributed by atoms with Crippen LogP contribution in [0.25, 0.3) is 10.2 Å². The Labute approximate surface area is 136 Å². The molecule has 0 saturated carbocycles. The summed E-state index contributed by atoms with van der Waals surface area (Å²) < 4.78 is 6.29. The number of methoxy groups -OCH3 is 1. The fourth-order valence-corrected chi connectivity index (χ4v) is 4.95. The van der Waals surface area contributed by atoms with Crippen molar-refractivity contribution in [2.45, 2.75) is 43.0 Å². The Kier molecular flexibility index (Phi) is 4.27. The molecule has 118 valence electrons. The van der Waals surface area contributed by atoms with Crippen LogP contribution in [0.5, 0.6) is 0 Å². The van der Waals surface area contributed by atoms with Crippen molar-refractivity contribution >= 4 is 39.3 Å². The highest BCUT2D eigenvalue weighted by Crippen LogP contribution is 2.34. The number of carbonyl (C=O) groups excluding carboxylic acids is 1. The Morgan fingerprint density at radius 1 is 1.41 bits per heavy atom. The number of aromatic nitrogens is 2. The van der Waals surface area contributed by atoms with Gasteiger partial charge in [0, 0.05) is 11.9 Å². The van der Waals surface area contributed by atoms with Crippen molar-refractivity contribution in [2.75, 3.05) is 7.11 Å². The summed E-state index contributed by atoms with van der Waals surface area (Å²) in [5.41, 5.74) is 1.18. The Bertz CT molecular complexity index is 794. The van der Waals surface area contributed by atoms with Gasteiger partial charge in [0.15, 0.2) is 5.16 Å². The van der Waals surface area contributed by atoms with E-state index < -0.39 is 5.25 Å². The van der Waals surface area contributed by atoms with E-state index in [0.29, 0.717) is 5.16 Å². The van der Waals surface area contributed by atoms with Crippen molar-refractivity contribution in [3.05, 3.63) is 20.8 Å². The summed E-state index contributed by atoms with van der Waals surface area (Å²) in [5, 5.41) is 0.946. The van der Waals surface area contributed by atoms with Crippen LogP contribution in [0.4, 0.5) is 0 Å². The molecule has 2 aromatic rings. The maximum Gasteiger partial charge on any atom is 0.318 e. The van der Waals surface area contributed by atoms with E-state index in [2.05, 4.69) is 4.98 Å². The third-order valence-electron chi connectivity index (χ3n) is 3.97. The van der Waals surface area contributed by atoms with Gasteiger partial charge in [0.1, 0.15) is 10.1 Å². The van der Waals surface area contributed by atoms with E-state index in [-0.39, 0.29) is 11.5 Å². The highest BCUT2D eigenvalue weighted by molar-refractivity contribution is 8.00. The molecular weight excluding hydrogens is 320 g/mol. The number of hydrogen-bond donors (Lipinski definition) is 0. The summed E-state index contributed by atoms with van der Waals surface area (Å²) >= 11 is 2.89. The first-order valence-corrected chi connectivity index (χ1v) is 8.98. The van der Waals surface area contributed by atoms with Gasteiger partial charge < -0.3 is 4.74 Å². The van der Waals surface area contributed by atoms with Crippen LogP contribution in [0.2, 0.25) is 0 Å². The van der Waals surface area contributed by atoms with Crippen molar-refractivity contribution in [2.24, 2.45) is 7.05 Å². The molecule has 3 rings (SSSR count). The van der Waals surface area contributed by atoms with Gasteiger partial charge in [0.05, 0.1) is 12.5 Å². The number of ether oxygens (including phenoxy) is 1. The number of carbonyl (C=O) groups is 1. The van der Waals surface area contributed by atoms with Crippen LogP contribution in [0.3, 0.4) is 0 Å². The van der Waals surface area contributed by atoms with Crippen molar-refractivity contribution in [1.82, 2.24) is 9.55 Å². The van der Waals surface area contributed by atoms with Crippen LogP contribution < -0.4 is 5.56 Å². The Morgan fingerprint density at radius 3 is 2.86 bits per heavy atom. The van der Waals surface area contributed by atoms with E-state index in [0.717, 1.165) is 29.5 Å². The van der Waals surface area contributed by atoms with E-state index in [4.69, 9.17) is 4.74 Å². The van der Waals surface area contributed by atoms with Crippen LogP contribution in [0, 0.1) is 0 Å². The van der Waals surface area contributed by atoms with Gasteiger partial charge in [-0.05, 0) is 38.2 Å². The minimum atomic E-state index is -0.393. The highest BCUT2D eigenvalue weighted by Gasteiger charge is 2.23. The monoisotopic (exact) mass is 338 g/mol. The molecule has 7 heteroatoms. The molecule has 5 nitrogen and oxygen atoms in total. The molecule has 0 spiro atoms. The quantitative estimate of drug-likeness (QED) is 0.489. The summed E-state index contributed by atoms with van der Waals surface area (Å²) in [4.78, 5) is 31.0. The molecule has 0 bridgehead atoms. The smallest absolute Gasteiger partial charge is 0.318 e. The summed E-state index contributed by atoms with van der Waals surface area (Å²) in [6.07, 6.45) is 4.33. The SMILES string of the molecule is COC(=O)C(C)Sc1nc2sc3c(c2c(=O)n1C)CCCC3. The standard InChI is InChI=1S/C15H18N2O3S2/c1-8(14(19)20-3)21-15-16-12-11(13(18)17(15)2)9-6-4-5-7-10(9)22-12/h8H,4-7H2,1-3H3. The number of fused-ring (bicyclic) bond motifs is 3. The van der Waals surface area contributed by atoms with Gasteiger partial charge in [0.25, 0.3) is 5.56 Å². The lowest BCUT2D eigenvalue weighted by molar-refractivity contribution is -0.139. The normalized spacial score (nSPS) is 15.6. The summed E-state index contributed by atoms with van der Waals surface area (Å²) in [5.74, 6) is -0.315. The van der Waals surface area contributed by atoms with Crippen LogP contribution in [-0.2, 0) is 29.4 Å². The molecule has 0 aliphatic heterocycles. The van der Waals surface area contributed by atoms with Gasteiger partial charge in [-0.25, -0.2) is 4.98 Å². The lowest BCUT2D eigenvalue weighted by Crippen LogP contribution is -2.23. The van der Waals surface area contributed by atoms with Gasteiger partial charge in [-0.3, -0.25) is 14.2 Å². The molecule has 2 heterocycles. The summed E-state index contributed by atoms with van der Waals surface area (Å²) in [7, 11) is 3.08. The molecule has 0 amide bonds. The molecule has 0 fully saturated rings. The van der Waals surface area contributed by atoms with E-state index in [1.807, 2.05) is 0 Å². The van der Waals surface area contributed by atoms with Crippen LogP contribution in [0.1, 0.15) is 30.2 Å². The Balaban J connectivity index is 2.08. The van der Waals surface area contributed by atoms with Crippen molar-refractivity contribution < 1.29 is 9.53 Å². The zero-order valence-electron chi connectivity index (χ0n) is 12.8. The zero-order chi connectivity index (χ0) is 15.9. The molecule has 0 saturated heterocycles. The number of thioether (sulfide) groups is 1. The second kappa shape index (κ2) is 6.04. The molecular formula is C15H18N2O3S2. The van der Waals surface area contributed by atoms with E-state index >= 15 is 0 Å². The predicted octanol–water partition coefficient (Wildman–Crippen LogP) is 2.53. The van der Waals surface area contributed by atoms with Crippen molar-refractivity contribution in [1.29, 1.82) is 0 Å². The second-order valence-corrected chi connectivity index (χ2v) is 7.82. The number of thiophene rings is 1. The van der Waals surface area contributed by atoms with E-state index in [1.165, 1.54) is 35.7 Å². The van der Waals surface area contributed by atoms with Crippen molar-refractivity contribution in [3.63, 3.8) is 0 Å². The largest absolute Gasteiger partial charge is 0.468 e. The van der Waals surface area contributed by atoms with Crippen LogP contribution in [-0.4, -0.2) is 27.9 Å². The second-order valence-electron chi connectivity index (χ2n) is 5.43. The van der Waals surface area contributed by atoms with Crippen molar-refractivity contribution in [3.8, 4) is 0 Å². The molecule has 22 heavy (non-hydrogen) atoms. The molecule has 0 N–H and O–H groups in total. The number of esters is 1. The van der Waals surface area contributed by atoms with Crippen LogP contribution >= 0.6 is 23.1 Å². The maximum absolute atomic E-state index is 12.7. The Hall–Kier alpha value is -1.34. The fourth-order valence-electron chi connectivity index (χ4n) is 2.74. The average Bonchev–Trinajstić information content (AvgIpc) is 2.89. The van der Waals surface area contributed by atoms with Crippen LogP contribution in [0.15, 0.2) is 9.95 Å². The van der Waals surface area contributed by atoms with Gasteiger partial charge in [-0.1, -0.05) is 11.8 Å². The fraction of sp³-hybridized carbons (Fsp3) is 0.533. The molecule has 0 aromatic carbocycles. The number of rotatable bonds is 3. The first-order valence-electron chi connectivity index (χ1n) is 7.28. The number of nitrogens with zero attached hydrogens (tertiary/aromatic N) is 2. The summed E-state index contributed by atoms with van der Waals surface area (Å²) in [6, 6.07) is 0. The van der Waals surface area contributed by atoms with Gasteiger partial charge in [-0.15, -0.1) is 11.3 Å². The molecule has 0 radical (unpaired) electrons. The third kappa shape index (κ3) is 2.56. The third-order valence-corrected chi connectivity index (χ3v) is 6.28. The predicted molar refractivity (Wildman–Crippen MR) is 88.8 cm³/mol. The molecule has 1 atom stereocenters. The Morgan fingerprint density at radius 2 is 2.14 bits per heavy atom. The lowest BCUT2D eigenvalue weighted by atomic mass is 9.97. The minimum absolute atomic E-state index is 0.0102. The van der Waals surface area contributed by atoms with Gasteiger partial charge >= 0.3 is 5.97 Å². The number of hydrogen-bond acceptors (Lipinski definition) is 6. The minimum Gasteiger partial charge on any atom is -0.468 e. The van der Waals surface area contributed by atoms with E-state index in [9.17, 15) is 9.59 Å². The van der Waals surface area contributed by atoms with Gasteiger partial charge in [0.2, 0.25) is 0 Å². The first kappa shape index (κ1) is 15.6. The van der Waals surface area contributed by atoms with Gasteiger partial charge in [-0.2, -0.15) is 0 Å². The molecule has 2 aromatic heterocycles. The summed E-state index contributed by atoms with van der Waals surface area (Å²) in [6.45, 7) is 1.76. The zero-order valence-corrected chi connectivity index (χ0v) is 14.5. The topological polar surface area (TPSA) is 61.2 Å². The first-order chi connectivity index (χ1) is 10.5. The van der Waals surface area contributed by atoms with E-state index in [1.54, 1.807) is 29.9 Å².